The maximum atomic E-state index is 10.8. The molecule has 4 aliphatic rings. The molecule has 0 aromatic heterocycles. The molecule has 0 radical (unpaired) electrons. The molecule has 0 atom stereocenters. The summed E-state index contributed by atoms with van der Waals surface area (Å²) in [6.45, 7) is 6.97. The average molecular weight is 290 g/mol. The number of nitro groups is 1. The number of nitro benzene ring substituents is 1. The van der Waals surface area contributed by atoms with E-state index in [-0.39, 0.29) is 16.1 Å². The maximum Gasteiger partial charge on any atom is 0.270 e. The molecule has 0 saturated carbocycles. The van der Waals surface area contributed by atoms with Gasteiger partial charge in [0.2, 0.25) is 25.5 Å². The van der Waals surface area contributed by atoms with Gasteiger partial charge in [0, 0.05) is 18.3 Å². The van der Waals surface area contributed by atoms with E-state index in [1.165, 1.54) is 26.1 Å². The smallest absolute Gasteiger partial charge is 0.268 e. The van der Waals surface area contributed by atoms with Gasteiger partial charge >= 0.3 is 0 Å². The molecule has 7 heteroatoms. The van der Waals surface area contributed by atoms with Gasteiger partial charge in [-0.25, -0.2) is 14.7 Å². The van der Waals surface area contributed by atoms with Gasteiger partial charge in [0.25, 0.3) is 5.69 Å². The highest BCUT2D eigenvalue weighted by Gasteiger charge is 2.57. The van der Waals surface area contributed by atoms with Crippen LogP contribution >= 0.6 is 0 Å². The van der Waals surface area contributed by atoms with Crippen molar-refractivity contribution in [3.05, 3.63) is 39.9 Å². The van der Waals surface area contributed by atoms with E-state index < -0.39 is 0 Å². The van der Waals surface area contributed by atoms with Crippen molar-refractivity contribution in [1.29, 1.82) is 0 Å². The second-order valence-electron chi connectivity index (χ2n) is 6.65. The first-order chi connectivity index (χ1) is 10.1. The second kappa shape index (κ2) is 4.59. The molecule has 4 saturated heterocycles. The molecule has 21 heavy (non-hydrogen) atoms. The molecule has 4 bridgehead atoms. The zero-order valence-electron chi connectivity index (χ0n) is 11.8. The van der Waals surface area contributed by atoms with Crippen LogP contribution in [0.25, 0.3) is 0 Å². The summed E-state index contributed by atoms with van der Waals surface area (Å²) in [6, 6.07) is 6.71. The molecule has 1 aromatic carbocycles. The molecular weight excluding hydrogens is 270 g/mol. The van der Waals surface area contributed by atoms with Crippen LogP contribution in [0.15, 0.2) is 29.3 Å². The van der Waals surface area contributed by atoms with Crippen LogP contribution in [-0.4, -0.2) is 56.3 Å². The number of hydrogen-bond donors (Lipinski definition) is 3. The minimum atomic E-state index is -0.358. The summed E-state index contributed by atoms with van der Waals surface area (Å²) in [5.74, 6) is 0. The molecule has 110 valence electrons. The number of aliphatic imine (C=N–C) groups is 1. The predicted octanol–water partition coefficient (Wildman–Crippen LogP) is -3.68. The summed E-state index contributed by atoms with van der Waals surface area (Å²) in [4.78, 5) is 20.3. The van der Waals surface area contributed by atoms with Crippen molar-refractivity contribution in [3.8, 4) is 0 Å². The number of quaternary nitrogens is 3. The van der Waals surface area contributed by atoms with Crippen molar-refractivity contribution in [2.24, 2.45) is 4.99 Å². The zero-order chi connectivity index (χ0) is 14.4. The lowest BCUT2D eigenvalue weighted by Gasteiger charge is -2.50. The first-order valence-corrected chi connectivity index (χ1v) is 7.42. The van der Waals surface area contributed by atoms with Gasteiger partial charge in [-0.1, -0.05) is 12.1 Å². The molecule has 0 spiro atoms. The molecule has 4 heterocycles. The number of nitrogens with zero attached hydrogens (tertiary/aromatic N) is 2. The Labute approximate surface area is 122 Å². The van der Waals surface area contributed by atoms with E-state index in [4.69, 9.17) is 4.99 Å². The Morgan fingerprint density at radius 2 is 1.76 bits per heavy atom. The predicted molar refractivity (Wildman–Crippen MR) is 75.5 cm³/mol. The molecule has 4 fully saturated rings. The first-order valence-electron chi connectivity index (χ1n) is 7.42. The van der Waals surface area contributed by atoms with E-state index >= 15 is 0 Å². The highest BCUT2D eigenvalue weighted by Crippen LogP contribution is 2.13. The Morgan fingerprint density at radius 3 is 2.33 bits per heavy atom. The van der Waals surface area contributed by atoms with Gasteiger partial charge in [-0.05, 0) is 5.56 Å². The van der Waals surface area contributed by atoms with Crippen LogP contribution in [0.3, 0.4) is 0 Å². The van der Waals surface area contributed by atoms with Crippen LogP contribution in [0.2, 0.25) is 0 Å². The summed E-state index contributed by atoms with van der Waals surface area (Å²) in [5, 5.41) is 10.8. The molecular formula is C14H20N5O2+3. The van der Waals surface area contributed by atoms with Crippen LogP contribution in [0.1, 0.15) is 5.56 Å². The Hall–Kier alpha value is -1.83. The number of benzene rings is 1. The highest BCUT2D eigenvalue weighted by molar-refractivity contribution is 5.81. The van der Waals surface area contributed by atoms with Gasteiger partial charge in [0.15, 0.2) is 0 Å². The number of non-ortho nitro benzene ring substituents is 1. The maximum absolute atomic E-state index is 10.8. The van der Waals surface area contributed by atoms with E-state index in [0.29, 0.717) is 0 Å². The van der Waals surface area contributed by atoms with Gasteiger partial charge in [-0.15, -0.1) is 0 Å². The van der Waals surface area contributed by atoms with Crippen molar-refractivity contribution in [2.75, 3.05) is 39.6 Å². The highest BCUT2D eigenvalue weighted by atomic mass is 16.6. The fourth-order valence-electron chi connectivity index (χ4n) is 4.27. The van der Waals surface area contributed by atoms with E-state index in [0.717, 1.165) is 25.2 Å². The van der Waals surface area contributed by atoms with Gasteiger partial charge in [-0.2, -0.15) is 0 Å². The molecule has 3 N–H and O–H groups in total. The minimum absolute atomic E-state index is 0.0272. The largest absolute Gasteiger partial charge is 0.270 e. The molecule has 0 unspecified atom stereocenters. The number of nitrogens with one attached hydrogen (secondary N) is 3. The fraction of sp³-hybridized carbons (Fsp3) is 0.500. The molecule has 7 nitrogen and oxygen atoms in total. The summed E-state index contributed by atoms with van der Waals surface area (Å²) in [5.41, 5.74) is 0.974. The van der Waals surface area contributed by atoms with Crippen LogP contribution in [0.5, 0.6) is 0 Å². The van der Waals surface area contributed by atoms with Crippen LogP contribution in [0.4, 0.5) is 5.69 Å². The zero-order valence-corrected chi connectivity index (χ0v) is 11.8. The van der Waals surface area contributed by atoms with Crippen molar-refractivity contribution in [3.63, 3.8) is 0 Å². The topological polar surface area (TPSA) is 68.8 Å². The summed E-state index contributed by atoms with van der Waals surface area (Å²) in [6.07, 6.45) is 1.84. The monoisotopic (exact) mass is 290 g/mol. The SMILES string of the molecule is O=[N+]([O-])c1cccc(C=NC23C[NH+]4C[NH+](C[NH+](C4)C2)C3)c1. The fourth-order valence-corrected chi connectivity index (χ4v) is 4.27. The van der Waals surface area contributed by atoms with Crippen LogP contribution in [-0.2, 0) is 0 Å². The van der Waals surface area contributed by atoms with E-state index in [9.17, 15) is 10.1 Å². The van der Waals surface area contributed by atoms with E-state index in [2.05, 4.69) is 0 Å². The molecule has 5 rings (SSSR count). The Morgan fingerprint density at radius 1 is 1.14 bits per heavy atom. The Bertz CT molecular complexity index is 580. The average Bonchev–Trinajstić information content (AvgIpc) is 2.44. The summed E-state index contributed by atoms with van der Waals surface area (Å²) >= 11 is 0. The number of rotatable bonds is 3. The third kappa shape index (κ3) is 2.33. The lowest BCUT2D eigenvalue weighted by atomic mass is 9.91. The van der Waals surface area contributed by atoms with Crippen LogP contribution < -0.4 is 14.7 Å². The van der Waals surface area contributed by atoms with E-state index in [1.807, 2.05) is 12.3 Å². The third-order valence-corrected chi connectivity index (χ3v) is 4.81. The first kappa shape index (κ1) is 12.9. The van der Waals surface area contributed by atoms with Gasteiger partial charge in [0.05, 0.1) is 4.92 Å². The Balaban J connectivity index is 1.58. The quantitative estimate of drug-likeness (QED) is 0.305. The molecule has 4 aliphatic heterocycles. The minimum Gasteiger partial charge on any atom is -0.268 e. The number of hydrogen-bond acceptors (Lipinski definition) is 3. The van der Waals surface area contributed by atoms with Crippen molar-refractivity contribution in [2.45, 2.75) is 5.54 Å². The second-order valence-corrected chi connectivity index (χ2v) is 6.65. The Kier molecular flexibility index (Phi) is 2.81. The van der Waals surface area contributed by atoms with Crippen LogP contribution in [0, 0.1) is 10.1 Å². The third-order valence-electron chi connectivity index (χ3n) is 4.81. The van der Waals surface area contributed by atoms with E-state index in [1.54, 1.807) is 26.8 Å². The summed E-state index contributed by atoms with van der Waals surface area (Å²) < 4.78 is 0. The normalized spacial score (nSPS) is 37.2. The van der Waals surface area contributed by atoms with Crippen molar-refractivity contribution < 1.29 is 19.6 Å². The lowest BCUT2D eigenvalue weighted by Crippen LogP contribution is -3.56. The molecule has 1 aromatic rings. The molecule has 0 aliphatic carbocycles. The van der Waals surface area contributed by atoms with Gasteiger partial charge < -0.3 is 0 Å². The summed E-state index contributed by atoms with van der Waals surface area (Å²) in [7, 11) is 0. The van der Waals surface area contributed by atoms with Crippen molar-refractivity contribution >= 4 is 11.9 Å². The van der Waals surface area contributed by atoms with Gasteiger partial charge in [-0.3, -0.25) is 15.1 Å². The lowest BCUT2D eigenvalue weighted by molar-refractivity contribution is -1.29. The standard InChI is InChI=1S/C14H17N5O2/c20-19(21)13-3-1-2-12(4-13)5-15-14-6-16-9-17(7-14)11-18(8-14)10-16/h1-5H,6-11H2/p+3. The van der Waals surface area contributed by atoms with Crippen molar-refractivity contribution in [1.82, 2.24) is 0 Å². The van der Waals surface area contributed by atoms with Gasteiger partial charge in [0.1, 0.15) is 19.6 Å². The molecule has 0 amide bonds.